The third kappa shape index (κ3) is 4.32. The van der Waals surface area contributed by atoms with Crippen LogP contribution in [0.2, 0.25) is 0 Å². The van der Waals surface area contributed by atoms with Crippen LogP contribution in [0.5, 0.6) is 0 Å². The molecule has 1 aromatic rings. The van der Waals surface area contributed by atoms with Crippen molar-refractivity contribution in [1.82, 2.24) is 4.90 Å². The predicted molar refractivity (Wildman–Crippen MR) is 84.9 cm³/mol. The van der Waals surface area contributed by atoms with E-state index in [4.69, 9.17) is 0 Å². The van der Waals surface area contributed by atoms with E-state index in [1.807, 2.05) is 0 Å². The van der Waals surface area contributed by atoms with Crippen molar-refractivity contribution in [3.63, 3.8) is 0 Å². The third-order valence-corrected chi connectivity index (χ3v) is 4.72. The van der Waals surface area contributed by atoms with E-state index in [1.54, 1.807) is 0 Å². The molecule has 0 amide bonds. The van der Waals surface area contributed by atoms with Crippen LogP contribution >= 0.6 is 0 Å². The number of rotatable bonds is 5. The lowest BCUT2D eigenvalue weighted by Crippen LogP contribution is -2.29. The molecule has 2 rings (SSSR count). The Hall–Kier alpha value is -0.860. The number of β-amino-alcohol motifs (C(OH)–C–C–N with tert-alkyl or cyclic N) is 1. The molecule has 2 heteroatoms. The molecule has 1 aliphatic rings. The van der Waals surface area contributed by atoms with Gasteiger partial charge < -0.3 is 10.0 Å². The van der Waals surface area contributed by atoms with Crippen molar-refractivity contribution in [3.05, 3.63) is 35.4 Å². The van der Waals surface area contributed by atoms with Crippen LogP contribution in [0.4, 0.5) is 0 Å². The second-order valence-corrected chi connectivity index (χ2v) is 6.12. The molecule has 20 heavy (non-hydrogen) atoms. The largest absolute Gasteiger partial charge is 0.387 e. The molecule has 0 aliphatic carbocycles. The van der Waals surface area contributed by atoms with Gasteiger partial charge in [0.2, 0.25) is 0 Å². The van der Waals surface area contributed by atoms with E-state index in [2.05, 4.69) is 43.0 Å². The maximum absolute atomic E-state index is 10.4. The van der Waals surface area contributed by atoms with Gasteiger partial charge in [-0.3, -0.25) is 0 Å². The van der Waals surface area contributed by atoms with Crippen LogP contribution in [-0.2, 0) is 6.42 Å². The van der Waals surface area contributed by atoms with Gasteiger partial charge in [0, 0.05) is 6.54 Å². The number of hydrogen-bond acceptors (Lipinski definition) is 2. The zero-order valence-electron chi connectivity index (χ0n) is 13.0. The first-order chi connectivity index (χ1) is 9.72. The molecule has 0 radical (unpaired) electrons. The average Bonchev–Trinajstić information content (AvgIpc) is 2.72. The summed E-state index contributed by atoms with van der Waals surface area (Å²) in [5, 5.41) is 10.4. The highest BCUT2D eigenvalue weighted by molar-refractivity contribution is 5.24. The van der Waals surface area contributed by atoms with Gasteiger partial charge in [-0.05, 0) is 55.8 Å². The number of nitrogens with zero attached hydrogens (tertiary/aromatic N) is 1. The second-order valence-electron chi connectivity index (χ2n) is 6.12. The monoisotopic (exact) mass is 275 g/mol. The Morgan fingerprint density at radius 2 is 1.90 bits per heavy atom. The van der Waals surface area contributed by atoms with Gasteiger partial charge in [-0.15, -0.1) is 0 Å². The summed E-state index contributed by atoms with van der Waals surface area (Å²) in [5.41, 5.74) is 2.39. The maximum Gasteiger partial charge on any atom is 0.0916 e. The lowest BCUT2D eigenvalue weighted by Gasteiger charge is -2.23. The minimum Gasteiger partial charge on any atom is -0.387 e. The van der Waals surface area contributed by atoms with Gasteiger partial charge in [-0.1, -0.05) is 44.5 Å². The molecule has 1 fully saturated rings. The van der Waals surface area contributed by atoms with Gasteiger partial charge in [0.1, 0.15) is 0 Å². The number of hydrogen-bond donors (Lipinski definition) is 1. The summed E-state index contributed by atoms with van der Waals surface area (Å²) in [6.45, 7) is 7.52. The SMILES string of the molecule is CCc1ccc(C(O)CN2CCCC(CC)CC2)cc1. The van der Waals surface area contributed by atoms with Crippen molar-refractivity contribution in [2.45, 2.75) is 52.1 Å². The van der Waals surface area contributed by atoms with E-state index in [1.165, 1.54) is 31.2 Å². The van der Waals surface area contributed by atoms with Gasteiger partial charge in [-0.25, -0.2) is 0 Å². The lowest BCUT2D eigenvalue weighted by atomic mass is 9.98. The molecule has 1 heterocycles. The molecular formula is C18H29NO. The standard InChI is InChI=1S/C18H29NO/c1-3-15-6-5-12-19(13-11-15)14-18(20)17-9-7-16(4-2)8-10-17/h7-10,15,18,20H,3-6,11-14H2,1-2H3. The molecule has 1 aromatic carbocycles. The van der Waals surface area contributed by atoms with Crippen LogP contribution in [0.1, 0.15) is 56.8 Å². The fraction of sp³-hybridized carbons (Fsp3) is 0.667. The van der Waals surface area contributed by atoms with Crippen molar-refractivity contribution in [2.24, 2.45) is 5.92 Å². The number of aliphatic hydroxyl groups excluding tert-OH is 1. The smallest absolute Gasteiger partial charge is 0.0916 e. The normalized spacial score (nSPS) is 22.4. The van der Waals surface area contributed by atoms with Crippen molar-refractivity contribution in [2.75, 3.05) is 19.6 Å². The van der Waals surface area contributed by atoms with E-state index in [-0.39, 0.29) is 6.10 Å². The number of aliphatic hydroxyl groups is 1. The Morgan fingerprint density at radius 3 is 2.55 bits per heavy atom. The van der Waals surface area contributed by atoms with E-state index in [0.717, 1.165) is 37.5 Å². The number of aryl methyl sites for hydroxylation is 1. The molecule has 2 unspecified atom stereocenters. The Labute approximate surface area is 123 Å². The minimum absolute atomic E-state index is 0.348. The van der Waals surface area contributed by atoms with Crippen LogP contribution in [0.25, 0.3) is 0 Å². The first-order valence-electron chi connectivity index (χ1n) is 8.22. The summed E-state index contributed by atoms with van der Waals surface area (Å²) in [6, 6.07) is 8.43. The van der Waals surface area contributed by atoms with Crippen LogP contribution in [0, 0.1) is 5.92 Å². The topological polar surface area (TPSA) is 23.5 Å². The summed E-state index contributed by atoms with van der Waals surface area (Å²) in [7, 11) is 0. The minimum atomic E-state index is -0.348. The summed E-state index contributed by atoms with van der Waals surface area (Å²) in [5.74, 6) is 0.890. The molecule has 1 N–H and O–H groups in total. The molecule has 0 saturated carbocycles. The molecule has 0 spiro atoms. The van der Waals surface area contributed by atoms with E-state index in [0.29, 0.717) is 0 Å². The molecule has 0 bridgehead atoms. The highest BCUT2D eigenvalue weighted by Gasteiger charge is 2.18. The second kappa shape index (κ2) is 7.80. The van der Waals surface area contributed by atoms with Crippen LogP contribution in [0.3, 0.4) is 0 Å². The van der Waals surface area contributed by atoms with Crippen molar-refractivity contribution in [3.8, 4) is 0 Å². The predicted octanol–water partition coefficient (Wildman–Crippen LogP) is 3.79. The first kappa shape index (κ1) is 15.5. The van der Waals surface area contributed by atoms with Gasteiger partial charge in [0.05, 0.1) is 6.10 Å². The fourth-order valence-corrected chi connectivity index (χ4v) is 3.14. The molecular weight excluding hydrogens is 246 g/mol. The Kier molecular flexibility index (Phi) is 6.06. The Morgan fingerprint density at radius 1 is 1.15 bits per heavy atom. The highest BCUT2D eigenvalue weighted by Crippen LogP contribution is 2.22. The van der Waals surface area contributed by atoms with Crippen molar-refractivity contribution < 1.29 is 5.11 Å². The highest BCUT2D eigenvalue weighted by atomic mass is 16.3. The quantitative estimate of drug-likeness (QED) is 0.883. The lowest BCUT2D eigenvalue weighted by molar-refractivity contribution is 0.114. The average molecular weight is 275 g/mol. The summed E-state index contributed by atoms with van der Waals surface area (Å²) >= 11 is 0. The molecule has 2 nitrogen and oxygen atoms in total. The van der Waals surface area contributed by atoms with E-state index >= 15 is 0 Å². The summed E-state index contributed by atoms with van der Waals surface area (Å²) < 4.78 is 0. The third-order valence-electron chi connectivity index (χ3n) is 4.72. The van der Waals surface area contributed by atoms with Gasteiger partial charge in [0.15, 0.2) is 0 Å². The van der Waals surface area contributed by atoms with E-state index in [9.17, 15) is 5.11 Å². The number of benzene rings is 1. The molecule has 1 saturated heterocycles. The number of likely N-dealkylation sites (tertiary alicyclic amines) is 1. The van der Waals surface area contributed by atoms with Crippen molar-refractivity contribution >= 4 is 0 Å². The van der Waals surface area contributed by atoms with Gasteiger partial charge >= 0.3 is 0 Å². The van der Waals surface area contributed by atoms with Gasteiger partial charge in [-0.2, -0.15) is 0 Å². The Balaban J connectivity index is 1.88. The summed E-state index contributed by atoms with van der Waals surface area (Å²) in [4.78, 5) is 2.44. The van der Waals surface area contributed by atoms with Gasteiger partial charge in [0.25, 0.3) is 0 Å². The summed E-state index contributed by atoms with van der Waals surface area (Å²) in [6.07, 6.45) is 5.93. The zero-order chi connectivity index (χ0) is 14.4. The fourth-order valence-electron chi connectivity index (χ4n) is 3.14. The van der Waals surface area contributed by atoms with Crippen molar-refractivity contribution in [1.29, 1.82) is 0 Å². The van der Waals surface area contributed by atoms with Crippen LogP contribution in [-0.4, -0.2) is 29.6 Å². The maximum atomic E-state index is 10.4. The van der Waals surface area contributed by atoms with Crippen LogP contribution in [0.15, 0.2) is 24.3 Å². The zero-order valence-corrected chi connectivity index (χ0v) is 13.0. The van der Waals surface area contributed by atoms with E-state index < -0.39 is 0 Å². The molecule has 2 atom stereocenters. The molecule has 1 aliphatic heterocycles. The van der Waals surface area contributed by atoms with Crippen LogP contribution < -0.4 is 0 Å². The Bertz CT molecular complexity index is 387. The molecule has 112 valence electrons. The molecule has 0 aromatic heterocycles. The first-order valence-corrected chi connectivity index (χ1v) is 8.22.